The summed E-state index contributed by atoms with van der Waals surface area (Å²) in [7, 11) is 0. The van der Waals surface area contributed by atoms with E-state index >= 15 is 0 Å². The molecule has 5 heteroatoms. The van der Waals surface area contributed by atoms with Crippen molar-refractivity contribution in [3.8, 4) is 0 Å². The van der Waals surface area contributed by atoms with Crippen molar-refractivity contribution in [2.24, 2.45) is 0 Å². The number of unbranched alkanes of at least 4 members (excludes halogenated alkanes) is 6. The third-order valence-corrected chi connectivity index (χ3v) is 3.78. The van der Waals surface area contributed by atoms with Crippen LogP contribution in [-0.2, 0) is 0 Å². The van der Waals surface area contributed by atoms with Gasteiger partial charge in [-0.2, -0.15) is 0 Å². The van der Waals surface area contributed by atoms with Crippen molar-refractivity contribution < 1.29 is 4.39 Å². The number of hydrogen-bond donors (Lipinski definition) is 2. The van der Waals surface area contributed by atoms with Gasteiger partial charge in [0.25, 0.3) is 0 Å². The molecular formula is C16H24ClFN2S. The molecule has 2 nitrogen and oxygen atoms in total. The van der Waals surface area contributed by atoms with Crippen LogP contribution < -0.4 is 10.6 Å². The number of hydrogen-bond acceptors (Lipinski definition) is 1. The standard InChI is InChI=1S/C16H24ClFN2S/c1-2-3-4-5-6-7-8-11-19-16(21)20-13-9-10-15(18)14(17)12-13/h9-10,12H,2-8,11H2,1H3,(H2,19,20,21). The van der Waals surface area contributed by atoms with Crippen LogP contribution in [0.3, 0.4) is 0 Å². The number of benzene rings is 1. The summed E-state index contributed by atoms with van der Waals surface area (Å²) >= 11 is 10.9. The van der Waals surface area contributed by atoms with Gasteiger partial charge in [0, 0.05) is 12.2 Å². The lowest BCUT2D eigenvalue weighted by Gasteiger charge is -2.10. The molecular weight excluding hydrogens is 307 g/mol. The molecule has 0 saturated carbocycles. The lowest BCUT2D eigenvalue weighted by atomic mass is 10.1. The van der Waals surface area contributed by atoms with Crippen molar-refractivity contribution >= 4 is 34.6 Å². The van der Waals surface area contributed by atoms with E-state index in [4.69, 9.17) is 23.8 Å². The first-order valence-electron chi connectivity index (χ1n) is 7.63. The summed E-state index contributed by atoms with van der Waals surface area (Å²) in [6.07, 6.45) is 8.91. The number of rotatable bonds is 9. The molecule has 2 N–H and O–H groups in total. The van der Waals surface area contributed by atoms with Gasteiger partial charge in [0.1, 0.15) is 5.82 Å². The molecule has 0 aromatic heterocycles. The van der Waals surface area contributed by atoms with E-state index < -0.39 is 5.82 Å². The highest BCUT2D eigenvalue weighted by Gasteiger charge is 2.02. The van der Waals surface area contributed by atoms with Gasteiger partial charge in [0.15, 0.2) is 5.11 Å². The average molecular weight is 331 g/mol. The minimum Gasteiger partial charge on any atom is -0.362 e. The van der Waals surface area contributed by atoms with E-state index in [9.17, 15) is 4.39 Å². The summed E-state index contributed by atoms with van der Waals surface area (Å²) in [6.45, 7) is 3.08. The zero-order chi connectivity index (χ0) is 15.5. The lowest BCUT2D eigenvalue weighted by Crippen LogP contribution is -2.29. The molecule has 0 aliphatic heterocycles. The second kappa shape index (κ2) is 10.8. The Bertz CT molecular complexity index is 440. The Morgan fingerprint density at radius 1 is 1.14 bits per heavy atom. The van der Waals surface area contributed by atoms with Crippen LogP contribution in [0.5, 0.6) is 0 Å². The largest absolute Gasteiger partial charge is 0.362 e. The monoisotopic (exact) mass is 330 g/mol. The molecule has 1 rings (SSSR count). The second-order valence-electron chi connectivity index (χ2n) is 5.13. The summed E-state index contributed by atoms with van der Waals surface area (Å²) in [5.74, 6) is -0.427. The molecule has 0 unspecified atom stereocenters. The molecule has 0 bridgehead atoms. The number of anilines is 1. The number of nitrogens with one attached hydrogen (secondary N) is 2. The van der Waals surface area contributed by atoms with Gasteiger partial charge in [-0.15, -0.1) is 0 Å². The summed E-state index contributed by atoms with van der Waals surface area (Å²) in [5.41, 5.74) is 0.693. The van der Waals surface area contributed by atoms with Gasteiger partial charge in [0.05, 0.1) is 5.02 Å². The highest BCUT2D eigenvalue weighted by Crippen LogP contribution is 2.19. The number of thiocarbonyl (C=S) groups is 1. The van der Waals surface area contributed by atoms with Gasteiger partial charge >= 0.3 is 0 Å². The molecule has 0 radical (unpaired) electrons. The first-order chi connectivity index (χ1) is 10.1. The van der Waals surface area contributed by atoms with Crippen LogP contribution in [0.25, 0.3) is 0 Å². The lowest BCUT2D eigenvalue weighted by molar-refractivity contribution is 0.586. The molecule has 0 heterocycles. The maximum absolute atomic E-state index is 13.0. The molecule has 21 heavy (non-hydrogen) atoms. The van der Waals surface area contributed by atoms with Crippen molar-refractivity contribution in [1.29, 1.82) is 0 Å². The van der Waals surface area contributed by atoms with Crippen LogP contribution in [-0.4, -0.2) is 11.7 Å². The molecule has 0 fully saturated rings. The summed E-state index contributed by atoms with van der Waals surface area (Å²) in [5, 5.41) is 6.79. The highest BCUT2D eigenvalue weighted by molar-refractivity contribution is 7.80. The molecule has 1 aromatic carbocycles. The van der Waals surface area contributed by atoms with Crippen molar-refractivity contribution in [2.75, 3.05) is 11.9 Å². The normalized spacial score (nSPS) is 10.4. The summed E-state index contributed by atoms with van der Waals surface area (Å²) in [4.78, 5) is 0. The van der Waals surface area contributed by atoms with Crippen LogP contribution in [0, 0.1) is 5.82 Å². The smallest absolute Gasteiger partial charge is 0.170 e. The minimum atomic E-state index is -0.427. The van der Waals surface area contributed by atoms with Crippen molar-refractivity contribution in [2.45, 2.75) is 51.9 Å². The van der Waals surface area contributed by atoms with Crippen LogP contribution in [0.1, 0.15) is 51.9 Å². The molecule has 0 amide bonds. The quantitative estimate of drug-likeness (QED) is 0.460. The molecule has 0 saturated heterocycles. The fourth-order valence-electron chi connectivity index (χ4n) is 2.03. The van der Waals surface area contributed by atoms with E-state index in [2.05, 4.69) is 17.6 Å². The van der Waals surface area contributed by atoms with E-state index in [1.807, 2.05) is 0 Å². The first kappa shape index (κ1) is 18.2. The SMILES string of the molecule is CCCCCCCCCNC(=S)Nc1ccc(F)c(Cl)c1. The van der Waals surface area contributed by atoms with Gasteiger partial charge in [-0.05, 0) is 36.8 Å². The molecule has 118 valence electrons. The fraction of sp³-hybridized carbons (Fsp3) is 0.562. The summed E-state index contributed by atoms with van der Waals surface area (Å²) in [6, 6.07) is 4.46. The maximum Gasteiger partial charge on any atom is 0.170 e. The molecule has 0 aliphatic rings. The molecule has 0 atom stereocenters. The van der Waals surface area contributed by atoms with Crippen LogP contribution in [0.15, 0.2) is 18.2 Å². The zero-order valence-electron chi connectivity index (χ0n) is 12.6. The summed E-state index contributed by atoms with van der Waals surface area (Å²) < 4.78 is 13.0. The van der Waals surface area contributed by atoms with E-state index in [1.54, 1.807) is 6.07 Å². The van der Waals surface area contributed by atoms with Crippen molar-refractivity contribution in [1.82, 2.24) is 5.32 Å². The van der Waals surface area contributed by atoms with E-state index in [1.165, 1.54) is 50.7 Å². The Morgan fingerprint density at radius 3 is 2.48 bits per heavy atom. The zero-order valence-corrected chi connectivity index (χ0v) is 14.1. The first-order valence-corrected chi connectivity index (χ1v) is 8.42. The Morgan fingerprint density at radius 2 is 1.81 bits per heavy atom. The van der Waals surface area contributed by atoms with Crippen LogP contribution in [0.2, 0.25) is 5.02 Å². The van der Waals surface area contributed by atoms with Gasteiger partial charge in [-0.3, -0.25) is 0 Å². The third-order valence-electron chi connectivity index (χ3n) is 3.24. The molecule has 0 aliphatic carbocycles. The topological polar surface area (TPSA) is 24.1 Å². The minimum absolute atomic E-state index is 0.0925. The van der Waals surface area contributed by atoms with Gasteiger partial charge < -0.3 is 10.6 Å². The molecule has 0 spiro atoms. The van der Waals surface area contributed by atoms with E-state index in [0.717, 1.165) is 13.0 Å². The average Bonchev–Trinajstić information content (AvgIpc) is 2.46. The van der Waals surface area contributed by atoms with Gasteiger partial charge in [-0.25, -0.2) is 4.39 Å². The Balaban J connectivity index is 2.10. The van der Waals surface area contributed by atoms with Gasteiger partial charge in [-0.1, -0.05) is 57.0 Å². The van der Waals surface area contributed by atoms with Crippen molar-refractivity contribution in [3.05, 3.63) is 29.0 Å². The molecule has 1 aromatic rings. The van der Waals surface area contributed by atoms with Crippen LogP contribution >= 0.6 is 23.8 Å². The third kappa shape index (κ3) is 8.22. The predicted octanol–water partition coefficient (Wildman–Crippen LogP) is 5.52. The van der Waals surface area contributed by atoms with E-state index in [0.29, 0.717) is 10.8 Å². The Labute approximate surface area is 137 Å². The fourth-order valence-corrected chi connectivity index (χ4v) is 2.43. The van der Waals surface area contributed by atoms with Crippen molar-refractivity contribution in [3.63, 3.8) is 0 Å². The van der Waals surface area contributed by atoms with E-state index in [-0.39, 0.29) is 5.02 Å². The van der Waals surface area contributed by atoms with Gasteiger partial charge in [0.2, 0.25) is 0 Å². The Hall–Kier alpha value is -0.870. The second-order valence-corrected chi connectivity index (χ2v) is 5.95. The maximum atomic E-state index is 13.0. The Kier molecular flexibility index (Phi) is 9.35. The highest BCUT2D eigenvalue weighted by atomic mass is 35.5. The number of halogens is 2. The predicted molar refractivity (Wildman–Crippen MR) is 93.6 cm³/mol. The van der Waals surface area contributed by atoms with Crippen LogP contribution in [0.4, 0.5) is 10.1 Å².